The lowest BCUT2D eigenvalue weighted by Gasteiger charge is -2.06. The molecule has 0 unspecified atom stereocenters. The average molecular weight is 209 g/mol. The van der Waals surface area contributed by atoms with Crippen LogP contribution in [0.4, 0.5) is 5.69 Å². The summed E-state index contributed by atoms with van der Waals surface area (Å²) in [6.07, 6.45) is 0.926. The number of nitrogens with two attached hydrogens (primary N) is 1. The molecule has 0 aliphatic carbocycles. The topological polar surface area (TPSA) is 61.5 Å². The van der Waals surface area contributed by atoms with E-state index in [0.717, 1.165) is 5.56 Å². The summed E-state index contributed by atoms with van der Waals surface area (Å²) in [6.45, 7) is 0. The highest BCUT2D eigenvalue weighted by Gasteiger charge is 2.05. The third-order valence-electron chi connectivity index (χ3n) is 2.18. The number of carbonyl (C=O) groups excluding carboxylic acids is 1. The van der Waals surface area contributed by atoms with Gasteiger partial charge in [-0.3, -0.25) is 4.79 Å². The van der Waals surface area contributed by atoms with Gasteiger partial charge in [0.15, 0.2) is 0 Å². The van der Waals surface area contributed by atoms with Crippen LogP contribution < -0.4 is 10.5 Å². The SMILES string of the molecule is COC(=O)CCc1ccc(OC)cc1N. The molecule has 1 aromatic carbocycles. The maximum Gasteiger partial charge on any atom is 0.305 e. The molecule has 0 saturated carbocycles. The van der Waals surface area contributed by atoms with Crippen LogP contribution in [-0.4, -0.2) is 20.2 Å². The third kappa shape index (κ3) is 3.16. The van der Waals surface area contributed by atoms with Crippen molar-refractivity contribution in [3.8, 4) is 5.75 Å². The second kappa shape index (κ2) is 5.24. The Hall–Kier alpha value is -1.71. The van der Waals surface area contributed by atoms with Gasteiger partial charge in [0.2, 0.25) is 0 Å². The molecule has 0 heterocycles. The number of benzene rings is 1. The number of ether oxygens (including phenoxy) is 2. The molecule has 0 radical (unpaired) electrons. The standard InChI is InChI=1S/C11H15NO3/c1-14-9-5-3-8(10(12)7-9)4-6-11(13)15-2/h3,5,7H,4,6,12H2,1-2H3. The zero-order chi connectivity index (χ0) is 11.3. The van der Waals surface area contributed by atoms with E-state index in [1.165, 1.54) is 7.11 Å². The molecule has 4 nitrogen and oxygen atoms in total. The van der Waals surface area contributed by atoms with E-state index in [-0.39, 0.29) is 5.97 Å². The molecule has 0 aliphatic rings. The highest BCUT2D eigenvalue weighted by molar-refractivity contribution is 5.70. The van der Waals surface area contributed by atoms with E-state index < -0.39 is 0 Å². The van der Waals surface area contributed by atoms with Crippen LogP contribution in [0.15, 0.2) is 18.2 Å². The van der Waals surface area contributed by atoms with Gasteiger partial charge in [-0.2, -0.15) is 0 Å². The maximum absolute atomic E-state index is 10.9. The van der Waals surface area contributed by atoms with E-state index in [4.69, 9.17) is 10.5 Å². The summed E-state index contributed by atoms with van der Waals surface area (Å²) in [7, 11) is 2.96. The molecule has 0 fully saturated rings. The first-order chi connectivity index (χ1) is 7.17. The summed E-state index contributed by atoms with van der Waals surface area (Å²) in [4.78, 5) is 10.9. The first kappa shape index (κ1) is 11.4. The smallest absolute Gasteiger partial charge is 0.305 e. The normalized spacial score (nSPS) is 9.73. The fourth-order valence-corrected chi connectivity index (χ4v) is 1.27. The summed E-state index contributed by atoms with van der Waals surface area (Å²) >= 11 is 0. The van der Waals surface area contributed by atoms with Crippen molar-refractivity contribution >= 4 is 11.7 Å². The lowest BCUT2D eigenvalue weighted by molar-refractivity contribution is -0.140. The van der Waals surface area contributed by atoms with Gasteiger partial charge in [-0.1, -0.05) is 6.07 Å². The van der Waals surface area contributed by atoms with Crippen LogP contribution in [0.5, 0.6) is 5.75 Å². The Kier molecular flexibility index (Phi) is 3.97. The van der Waals surface area contributed by atoms with Crippen LogP contribution in [0.2, 0.25) is 0 Å². The zero-order valence-electron chi connectivity index (χ0n) is 8.95. The predicted molar refractivity (Wildman–Crippen MR) is 57.7 cm³/mol. The number of rotatable bonds is 4. The number of carbonyl (C=O) groups is 1. The number of methoxy groups -OCH3 is 2. The maximum atomic E-state index is 10.9. The third-order valence-corrected chi connectivity index (χ3v) is 2.18. The van der Waals surface area contributed by atoms with Gasteiger partial charge >= 0.3 is 5.97 Å². The van der Waals surface area contributed by atoms with Crippen molar-refractivity contribution in [1.82, 2.24) is 0 Å². The van der Waals surface area contributed by atoms with Gasteiger partial charge in [0.05, 0.1) is 14.2 Å². The van der Waals surface area contributed by atoms with Crippen LogP contribution in [0.1, 0.15) is 12.0 Å². The first-order valence-electron chi connectivity index (χ1n) is 4.66. The summed E-state index contributed by atoms with van der Waals surface area (Å²) in [6, 6.07) is 5.42. The van der Waals surface area contributed by atoms with E-state index >= 15 is 0 Å². The zero-order valence-corrected chi connectivity index (χ0v) is 8.95. The van der Waals surface area contributed by atoms with Crippen LogP contribution in [0.3, 0.4) is 0 Å². The summed E-state index contributed by atoms with van der Waals surface area (Å²) in [5.41, 5.74) is 7.36. The van der Waals surface area contributed by atoms with Crippen LogP contribution in [-0.2, 0) is 16.0 Å². The van der Waals surface area contributed by atoms with Crippen molar-refractivity contribution in [2.45, 2.75) is 12.8 Å². The molecular weight excluding hydrogens is 194 g/mol. The van der Waals surface area contributed by atoms with Crippen molar-refractivity contribution in [2.75, 3.05) is 20.0 Å². The Bertz CT molecular complexity index is 350. The molecular formula is C11H15NO3. The number of esters is 1. The van der Waals surface area contributed by atoms with Crippen molar-refractivity contribution in [2.24, 2.45) is 0 Å². The van der Waals surface area contributed by atoms with Crippen molar-refractivity contribution in [3.05, 3.63) is 23.8 Å². The molecule has 4 heteroatoms. The Morgan fingerprint density at radius 3 is 2.67 bits per heavy atom. The number of aryl methyl sites for hydroxylation is 1. The molecule has 0 bridgehead atoms. The molecule has 0 aromatic heterocycles. The molecule has 1 rings (SSSR count). The van der Waals surface area contributed by atoms with Gasteiger partial charge in [0, 0.05) is 18.2 Å². The van der Waals surface area contributed by atoms with E-state index in [9.17, 15) is 4.79 Å². The number of nitrogen functional groups attached to an aromatic ring is 1. The Morgan fingerprint density at radius 2 is 2.13 bits per heavy atom. The highest BCUT2D eigenvalue weighted by atomic mass is 16.5. The largest absolute Gasteiger partial charge is 0.497 e. The fourth-order valence-electron chi connectivity index (χ4n) is 1.27. The Morgan fingerprint density at radius 1 is 1.40 bits per heavy atom. The molecule has 0 aliphatic heterocycles. The van der Waals surface area contributed by atoms with Crippen molar-refractivity contribution in [3.63, 3.8) is 0 Å². The van der Waals surface area contributed by atoms with Gasteiger partial charge in [0.1, 0.15) is 5.75 Å². The minimum atomic E-state index is -0.231. The number of hydrogen-bond donors (Lipinski definition) is 1. The molecule has 0 atom stereocenters. The quantitative estimate of drug-likeness (QED) is 0.601. The summed E-state index contributed by atoms with van der Waals surface area (Å²) in [5.74, 6) is 0.486. The second-order valence-electron chi connectivity index (χ2n) is 3.14. The predicted octanol–water partition coefficient (Wildman–Crippen LogP) is 1.38. The average Bonchev–Trinajstić information content (AvgIpc) is 2.26. The van der Waals surface area contributed by atoms with Gasteiger partial charge in [-0.25, -0.2) is 0 Å². The van der Waals surface area contributed by atoms with Gasteiger partial charge in [-0.15, -0.1) is 0 Å². The molecule has 1 aromatic rings. The van der Waals surface area contributed by atoms with E-state index in [1.54, 1.807) is 13.2 Å². The fraction of sp³-hybridized carbons (Fsp3) is 0.364. The van der Waals surface area contributed by atoms with Crippen molar-refractivity contribution in [1.29, 1.82) is 0 Å². The van der Waals surface area contributed by atoms with Gasteiger partial charge in [-0.05, 0) is 18.1 Å². The minimum Gasteiger partial charge on any atom is -0.497 e. The van der Waals surface area contributed by atoms with E-state index in [1.807, 2.05) is 12.1 Å². The molecule has 15 heavy (non-hydrogen) atoms. The first-order valence-corrected chi connectivity index (χ1v) is 4.66. The monoisotopic (exact) mass is 209 g/mol. The van der Waals surface area contributed by atoms with Crippen LogP contribution in [0, 0.1) is 0 Å². The molecule has 2 N–H and O–H groups in total. The lowest BCUT2D eigenvalue weighted by atomic mass is 10.1. The number of anilines is 1. The van der Waals surface area contributed by atoms with Crippen LogP contribution in [0.25, 0.3) is 0 Å². The lowest BCUT2D eigenvalue weighted by Crippen LogP contribution is -2.03. The Balaban J connectivity index is 2.66. The van der Waals surface area contributed by atoms with E-state index in [2.05, 4.69) is 4.74 Å². The molecule has 0 amide bonds. The van der Waals surface area contributed by atoms with E-state index in [0.29, 0.717) is 24.3 Å². The highest BCUT2D eigenvalue weighted by Crippen LogP contribution is 2.20. The van der Waals surface area contributed by atoms with Crippen LogP contribution >= 0.6 is 0 Å². The second-order valence-corrected chi connectivity index (χ2v) is 3.14. The van der Waals surface area contributed by atoms with Gasteiger partial charge < -0.3 is 15.2 Å². The van der Waals surface area contributed by atoms with Gasteiger partial charge in [0.25, 0.3) is 0 Å². The summed E-state index contributed by atoms with van der Waals surface area (Å²) < 4.78 is 9.58. The number of hydrogen-bond acceptors (Lipinski definition) is 4. The van der Waals surface area contributed by atoms with Crippen molar-refractivity contribution < 1.29 is 14.3 Å². The summed E-state index contributed by atoms with van der Waals surface area (Å²) in [5, 5.41) is 0. The molecule has 82 valence electrons. The minimum absolute atomic E-state index is 0.231. The molecule has 0 spiro atoms. The molecule has 0 saturated heterocycles. The Labute approximate surface area is 89.0 Å².